The topological polar surface area (TPSA) is 152 Å². The zero-order valence-corrected chi connectivity index (χ0v) is 38.1. The third-order valence-corrected chi connectivity index (χ3v) is 11.2. The molecular formula is C55H57NO11. The average Bonchev–Trinajstić information content (AvgIpc) is 4.18. The highest BCUT2D eigenvalue weighted by Crippen LogP contribution is 2.35. The van der Waals surface area contributed by atoms with Crippen LogP contribution in [-0.4, -0.2) is 70.6 Å². The summed E-state index contributed by atoms with van der Waals surface area (Å²) in [5.74, 6) is 1.37. The van der Waals surface area contributed by atoms with Crippen molar-refractivity contribution in [2.75, 3.05) is 40.1 Å². The Bertz CT molecular complexity index is 2690. The number of hydrogen-bond acceptors (Lipinski definition) is 12. The number of unbranched alkanes of at least 4 members (excludes halogenated alkanes) is 3. The van der Waals surface area contributed by atoms with Crippen molar-refractivity contribution in [1.82, 2.24) is 0 Å². The van der Waals surface area contributed by atoms with Crippen LogP contribution >= 0.6 is 0 Å². The number of benzene rings is 6. The quantitative estimate of drug-likeness (QED) is 0.0138. The third-order valence-electron chi connectivity index (χ3n) is 11.2. The molecule has 1 heterocycles. The summed E-state index contributed by atoms with van der Waals surface area (Å²) in [5.41, 5.74) is 4.27. The fraction of sp³-hybridized carbons (Fsp3) is 0.309. The lowest BCUT2D eigenvalue weighted by Gasteiger charge is -2.15. The second-order valence-electron chi connectivity index (χ2n) is 16.4. The summed E-state index contributed by atoms with van der Waals surface area (Å²) in [6.07, 6.45) is 7.44. The van der Waals surface area contributed by atoms with Gasteiger partial charge in [-0.3, -0.25) is 4.79 Å². The van der Waals surface area contributed by atoms with Crippen LogP contribution in [0.25, 0.3) is 21.5 Å². The number of carbonyl (C=O) groups excluding carboxylic acids is 3. The van der Waals surface area contributed by atoms with Gasteiger partial charge in [-0.25, -0.2) is 9.59 Å². The molecule has 7 rings (SSSR count). The SMILES string of the molecule is C=C(C)C(=O)OCCCCCCOc1ccc(CCC(=O)Oc2c(C=N)cc(CCc3ccc(OC(=O)c4ccc5cc(OCCCOC6CO6)ccc5c4)c(OC)c3)c3ccccc23)cc1. The van der Waals surface area contributed by atoms with Gasteiger partial charge in [0.05, 0.1) is 39.1 Å². The molecule has 1 aliphatic rings. The first-order valence-electron chi connectivity index (χ1n) is 22.8. The van der Waals surface area contributed by atoms with Gasteiger partial charge in [0.1, 0.15) is 23.9 Å². The number of fused-ring (bicyclic) bond motifs is 2. The predicted octanol–water partition coefficient (Wildman–Crippen LogP) is 10.7. The van der Waals surface area contributed by atoms with Gasteiger partial charge in [-0.2, -0.15) is 0 Å². The summed E-state index contributed by atoms with van der Waals surface area (Å²) in [6, 6.07) is 34.0. The number of methoxy groups -OCH3 is 1. The van der Waals surface area contributed by atoms with E-state index in [1.54, 1.807) is 32.2 Å². The summed E-state index contributed by atoms with van der Waals surface area (Å²) >= 11 is 0. The second-order valence-corrected chi connectivity index (χ2v) is 16.4. The first-order chi connectivity index (χ1) is 32.7. The summed E-state index contributed by atoms with van der Waals surface area (Å²) in [4.78, 5) is 38.0. The lowest BCUT2D eigenvalue weighted by atomic mass is 9.95. The van der Waals surface area contributed by atoms with Gasteiger partial charge in [0.2, 0.25) is 0 Å². The van der Waals surface area contributed by atoms with E-state index < -0.39 is 5.97 Å². The monoisotopic (exact) mass is 907 g/mol. The van der Waals surface area contributed by atoms with Crippen molar-refractivity contribution >= 4 is 45.7 Å². The predicted molar refractivity (Wildman–Crippen MR) is 257 cm³/mol. The van der Waals surface area contributed by atoms with Gasteiger partial charge in [-0.1, -0.05) is 61.2 Å². The van der Waals surface area contributed by atoms with Crippen molar-refractivity contribution in [2.24, 2.45) is 0 Å². The average molecular weight is 908 g/mol. The zero-order chi connectivity index (χ0) is 47.0. The summed E-state index contributed by atoms with van der Waals surface area (Å²) in [7, 11) is 1.54. The molecule has 6 aromatic carbocycles. The Morgan fingerprint density at radius 1 is 0.701 bits per heavy atom. The number of hydrogen-bond donors (Lipinski definition) is 1. The van der Waals surface area contributed by atoms with Crippen molar-refractivity contribution in [3.8, 4) is 28.7 Å². The Morgan fingerprint density at radius 3 is 2.16 bits per heavy atom. The number of aryl methyl sites for hydroxylation is 3. The number of nitrogens with one attached hydrogen (secondary N) is 1. The van der Waals surface area contributed by atoms with Crippen LogP contribution in [0.4, 0.5) is 0 Å². The standard InChI is InChI=1S/C55H57NO11/c1-37(2)54(58)64-28-9-5-4-8-27-61-45-22-14-38(15-23-45)17-26-51(57)67-53-44(35-56)33-42(47-11-6-7-12-48(47)53)18-13-39-16-25-49(50(31-39)60-3)66-55(59)43-20-19-41-34-46(24-21-40(41)32-43)62-29-10-30-63-52-36-65-52/h6-7,11-12,14-16,19-25,31-35,52,56H,1,4-5,8-10,13,17-18,26-30,36H2,2-3H3. The highest BCUT2D eigenvalue weighted by Gasteiger charge is 2.22. The minimum absolute atomic E-state index is 0.0552. The van der Waals surface area contributed by atoms with Crippen LogP contribution in [0.15, 0.2) is 121 Å². The number of ether oxygens (including phenoxy) is 8. The highest BCUT2D eigenvalue weighted by molar-refractivity contribution is 6.00. The molecule has 12 nitrogen and oxygen atoms in total. The van der Waals surface area contributed by atoms with E-state index in [0.29, 0.717) is 86.2 Å². The largest absolute Gasteiger partial charge is 0.494 e. The van der Waals surface area contributed by atoms with Crippen molar-refractivity contribution < 1.29 is 52.3 Å². The maximum atomic E-state index is 13.3. The number of esters is 3. The van der Waals surface area contributed by atoms with E-state index >= 15 is 0 Å². The minimum Gasteiger partial charge on any atom is -0.494 e. The summed E-state index contributed by atoms with van der Waals surface area (Å²) in [5, 5.41) is 11.8. The maximum absolute atomic E-state index is 13.3. The van der Waals surface area contributed by atoms with E-state index in [2.05, 4.69) is 6.58 Å². The lowest BCUT2D eigenvalue weighted by Crippen LogP contribution is -2.11. The Balaban J connectivity index is 0.893. The Hall–Kier alpha value is -7.02. The van der Waals surface area contributed by atoms with Crippen LogP contribution in [-0.2, 0) is 43.1 Å². The first-order valence-corrected chi connectivity index (χ1v) is 22.8. The molecule has 0 aromatic heterocycles. The fourth-order valence-corrected chi connectivity index (χ4v) is 7.50. The van der Waals surface area contributed by atoms with Gasteiger partial charge in [-0.05, 0) is 139 Å². The molecule has 1 aliphatic heterocycles. The van der Waals surface area contributed by atoms with Gasteiger partial charge >= 0.3 is 17.9 Å². The zero-order valence-electron chi connectivity index (χ0n) is 38.1. The van der Waals surface area contributed by atoms with Gasteiger partial charge in [0, 0.05) is 35.6 Å². The molecule has 0 radical (unpaired) electrons. The maximum Gasteiger partial charge on any atom is 0.343 e. The third kappa shape index (κ3) is 14.0. The highest BCUT2D eigenvalue weighted by atomic mass is 16.8. The molecule has 0 amide bonds. The first kappa shape index (κ1) is 47.9. The molecule has 1 unspecified atom stereocenters. The van der Waals surface area contributed by atoms with Crippen molar-refractivity contribution in [3.05, 3.63) is 149 Å². The van der Waals surface area contributed by atoms with Gasteiger partial charge in [-0.15, -0.1) is 0 Å². The fourth-order valence-electron chi connectivity index (χ4n) is 7.50. The molecule has 0 bridgehead atoms. The number of epoxide rings is 1. The van der Waals surface area contributed by atoms with Gasteiger partial charge in [0.25, 0.3) is 0 Å². The van der Waals surface area contributed by atoms with E-state index in [1.165, 1.54) is 6.21 Å². The molecule has 0 saturated carbocycles. The van der Waals surface area contributed by atoms with Crippen molar-refractivity contribution in [3.63, 3.8) is 0 Å². The molecule has 1 saturated heterocycles. The van der Waals surface area contributed by atoms with Crippen LogP contribution in [0.1, 0.15) is 78.1 Å². The smallest absolute Gasteiger partial charge is 0.343 e. The second kappa shape index (κ2) is 24.0. The number of carbonyl (C=O) groups is 3. The molecule has 67 heavy (non-hydrogen) atoms. The van der Waals surface area contributed by atoms with Crippen LogP contribution < -0.4 is 23.7 Å². The Morgan fingerprint density at radius 2 is 1.40 bits per heavy atom. The van der Waals surface area contributed by atoms with Crippen molar-refractivity contribution in [1.29, 1.82) is 5.41 Å². The van der Waals surface area contributed by atoms with E-state index in [0.717, 1.165) is 81.8 Å². The van der Waals surface area contributed by atoms with E-state index in [-0.39, 0.29) is 24.6 Å². The molecule has 0 spiro atoms. The van der Waals surface area contributed by atoms with E-state index in [1.807, 2.05) is 91.0 Å². The van der Waals surface area contributed by atoms with E-state index in [9.17, 15) is 14.4 Å². The molecular weight excluding hydrogens is 851 g/mol. The molecule has 1 fully saturated rings. The van der Waals surface area contributed by atoms with Crippen LogP contribution in [0.2, 0.25) is 0 Å². The Labute approximate surface area is 391 Å². The van der Waals surface area contributed by atoms with E-state index in [4.69, 9.17) is 43.3 Å². The molecule has 348 valence electrons. The van der Waals surface area contributed by atoms with Crippen LogP contribution in [0, 0.1) is 5.41 Å². The molecule has 6 aromatic rings. The molecule has 1 N–H and O–H groups in total. The minimum atomic E-state index is -0.503. The number of rotatable bonds is 26. The van der Waals surface area contributed by atoms with Crippen molar-refractivity contribution in [2.45, 2.75) is 71.0 Å². The molecule has 1 atom stereocenters. The van der Waals surface area contributed by atoms with Gasteiger partial charge < -0.3 is 43.3 Å². The van der Waals surface area contributed by atoms with Crippen LogP contribution in [0.5, 0.6) is 28.7 Å². The Kier molecular flexibility index (Phi) is 17.1. The van der Waals surface area contributed by atoms with Crippen LogP contribution in [0.3, 0.4) is 0 Å². The molecule has 0 aliphatic carbocycles. The normalized spacial score (nSPS) is 12.9. The van der Waals surface area contributed by atoms with Gasteiger partial charge in [0.15, 0.2) is 17.8 Å². The molecule has 12 heteroatoms. The summed E-state index contributed by atoms with van der Waals surface area (Å²) in [6.45, 7) is 7.98. The lowest BCUT2D eigenvalue weighted by molar-refractivity contribution is -0.139. The summed E-state index contributed by atoms with van der Waals surface area (Å²) < 4.78 is 44.9.